The molecule has 0 radical (unpaired) electrons. The predicted octanol–water partition coefficient (Wildman–Crippen LogP) is -10.8. The number of aliphatic carboxylic acids is 5. The van der Waals surface area contributed by atoms with E-state index >= 15 is 0 Å². The molecule has 0 aliphatic rings. The lowest BCUT2D eigenvalue weighted by Crippen LogP contribution is -2.63. The number of nitrogens with one attached hydrogen (secondary N) is 19. The van der Waals surface area contributed by atoms with Crippen molar-refractivity contribution in [1.82, 2.24) is 101 Å². The Hall–Kier alpha value is -13.9. The summed E-state index contributed by atoms with van der Waals surface area (Å²) in [5, 5.41) is 133. The number of carboxylic acids is 5. The molecular weight excluding hydrogens is 1920 g/mol. The molecule has 0 saturated heterocycles. The van der Waals surface area contributed by atoms with E-state index in [0.717, 1.165) is 27.7 Å². The van der Waals surface area contributed by atoms with Crippen LogP contribution in [-0.2, 0) is 126 Å². The van der Waals surface area contributed by atoms with E-state index in [4.69, 9.17) is 16.6 Å². The highest BCUT2D eigenvalue weighted by Crippen LogP contribution is 2.17. The maximum atomic E-state index is 14.7. The van der Waals surface area contributed by atoms with Gasteiger partial charge < -0.3 is 158 Å². The smallest absolute Gasteiger partial charge is 0.326 e. The summed E-state index contributed by atoms with van der Waals surface area (Å²) >= 11 is 4.14. The van der Waals surface area contributed by atoms with E-state index in [2.05, 4.69) is 108 Å². The van der Waals surface area contributed by atoms with Gasteiger partial charge in [0, 0.05) is 31.4 Å². The summed E-state index contributed by atoms with van der Waals surface area (Å²) in [5.41, 5.74) is 10.8. The first-order valence-corrected chi connectivity index (χ1v) is 46.3. The number of benzene rings is 1. The lowest BCUT2D eigenvalue weighted by molar-refractivity contribution is -0.143. The minimum Gasteiger partial charge on any atom is -0.481 e. The Morgan fingerprint density at radius 1 is 0.329 bits per heavy atom. The Labute approximate surface area is 827 Å². The van der Waals surface area contributed by atoms with Crippen LogP contribution >= 0.6 is 12.6 Å². The van der Waals surface area contributed by atoms with Crippen LogP contribution in [0.1, 0.15) is 173 Å². The highest BCUT2D eigenvalue weighted by Gasteiger charge is 2.42. The average molecular weight is 2060 g/mol. The summed E-state index contributed by atoms with van der Waals surface area (Å²) in [6, 6.07) is -22.2. The molecule has 1 aromatic carbocycles. The van der Waals surface area contributed by atoms with Crippen molar-refractivity contribution in [3.8, 4) is 0 Å². The molecular formula is C87H139N21O34S. The number of nitrogens with two attached hydrogens (primary N) is 2. The Kier molecular flexibility index (Phi) is 56.7. The summed E-state index contributed by atoms with van der Waals surface area (Å²) in [6.07, 6.45) is -12.6. The molecule has 55 nitrogen and oxygen atoms in total. The molecule has 0 aliphatic heterocycles. The third-order valence-corrected chi connectivity index (χ3v) is 21.7. The summed E-state index contributed by atoms with van der Waals surface area (Å²) in [7, 11) is 0. The molecule has 32 N–H and O–H groups in total. The molecule has 1 rings (SSSR count). The maximum absolute atomic E-state index is 14.7. The van der Waals surface area contributed by atoms with Gasteiger partial charge >= 0.3 is 29.8 Å². The Bertz CT molecular complexity index is 4600. The molecule has 0 bridgehead atoms. The fourth-order valence-electron chi connectivity index (χ4n) is 13.2. The van der Waals surface area contributed by atoms with Gasteiger partial charge in [0.2, 0.25) is 118 Å². The van der Waals surface area contributed by atoms with E-state index in [-0.39, 0.29) is 31.6 Å². The van der Waals surface area contributed by atoms with E-state index in [1.807, 2.05) is 5.32 Å². The van der Waals surface area contributed by atoms with Gasteiger partial charge in [-0.15, -0.1) is 0 Å². The molecule has 1 aromatic rings. The molecule has 0 aromatic heterocycles. The molecule has 0 spiro atoms. The molecule has 802 valence electrons. The predicted molar refractivity (Wildman–Crippen MR) is 502 cm³/mol. The lowest BCUT2D eigenvalue weighted by Gasteiger charge is -2.30. The molecule has 0 unspecified atom stereocenters. The van der Waals surface area contributed by atoms with E-state index in [1.54, 1.807) is 52.8 Å². The van der Waals surface area contributed by atoms with E-state index in [0.29, 0.717) is 5.56 Å². The van der Waals surface area contributed by atoms with Crippen LogP contribution in [0, 0.1) is 29.6 Å². The number of carbonyl (C=O) groups is 25. The fraction of sp³-hybridized carbons (Fsp3) is 0.644. The number of thiol groups is 1. The second kappa shape index (κ2) is 63.8. The van der Waals surface area contributed by atoms with Crippen LogP contribution in [0.5, 0.6) is 0 Å². The first kappa shape index (κ1) is 127. The zero-order valence-electron chi connectivity index (χ0n) is 81.7. The van der Waals surface area contributed by atoms with Crippen LogP contribution in [0.4, 0.5) is 0 Å². The van der Waals surface area contributed by atoms with Gasteiger partial charge in [0.1, 0.15) is 103 Å². The maximum Gasteiger partial charge on any atom is 0.326 e. The van der Waals surface area contributed by atoms with Crippen molar-refractivity contribution in [1.29, 1.82) is 0 Å². The van der Waals surface area contributed by atoms with Crippen LogP contribution in [-0.4, -0.2) is 347 Å². The summed E-state index contributed by atoms with van der Waals surface area (Å²) in [4.78, 5) is 333. The van der Waals surface area contributed by atoms with Crippen molar-refractivity contribution in [3.63, 3.8) is 0 Å². The van der Waals surface area contributed by atoms with Crippen molar-refractivity contribution in [2.45, 2.75) is 295 Å². The largest absolute Gasteiger partial charge is 0.481 e. The number of aliphatic hydroxyl groups is 4. The number of amides is 20. The second-order valence-electron chi connectivity index (χ2n) is 35.4. The standard InChI is InChI=1S/C87H139N21O34S/c1-15-41(10)67(105-78(132)53(29-46-19-17-16-18-20-46)101-86(140)70(45(14)112)108-79(133)55(31-64(123)124)100-73(127)49(23-26-62(119)120)97-85(139)69(44(13)111)107-74(128)48(22-25-61(117)118)94-58(114)32-90-72(126)47(88)35-109)84(138)93-42(11)71(125)98-54(30-63(121)122)76(130)99-52(28-38(4)5)77(131)103-66(40(8)9)83(137)104-65(39(6)7)81(135)91-34-60(116)96-51(27-37(2)3)75(129)102-56(36-143)80(134)106-68(43(12)110)82(136)92-33-59(115)95-50(87(141)142)21-24-57(89)113/h16-20,37-45,47-56,65-70,109-112,143H,15,21-36,88H2,1-14H3,(H2,89,113)(H,90,126)(H,91,135)(H,92,136)(H,93,138)(H,94,114)(H,95,115)(H,96,116)(H,97,139)(H,98,125)(H,99,130)(H,100,127)(H,101,140)(H,102,129)(H,103,131)(H,104,137)(H,105,132)(H,106,134)(H,107,128)(H,108,133)(H,117,118)(H,119,120)(H,121,122)(H,123,124)(H,141,142)/t41-,42-,43+,44+,45+,47-,48-,49-,50-,51-,52-,53-,54-,55-,56-,65-,66-,67-,68-,69-,70-/m0/s1. The van der Waals surface area contributed by atoms with Crippen LogP contribution < -0.4 is 112 Å². The van der Waals surface area contributed by atoms with Gasteiger partial charge in [-0.05, 0) is 95.0 Å². The quantitative estimate of drug-likeness (QED) is 0.0269. The van der Waals surface area contributed by atoms with Gasteiger partial charge in [-0.3, -0.25) is 115 Å². The van der Waals surface area contributed by atoms with E-state index in [1.165, 1.54) is 46.8 Å². The minimum atomic E-state index is -2.29. The molecule has 0 fully saturated rings. The molecule has 0 heterocycles. The van der Waals surface area contributed by atoms with Crippen molar-refractivity contribution < 1.29 is 166 Å². The molecule has 21 atom stereocenters. The molecule has 56 heteroatoms. The van der Waals surface area contributed by atoms with Gasteiger partial charge in [-0.25, -0.2) is 4.79 Å². The number of rotatable bonds is 67. The molecule has 0 aliphatic carbocycles. The topological polar surface area (TPSA) is 889 Å². The van der Waals surface area contributed by atoms with Gasteiger partial charge in [0.25, 0.3) is 0 Å². The van der Waals surface area contributed by atoms with Gasteiger partial charge in [0.05, 0.1) is 57.4 Å². The third-order valence-electron chi connectivity index (χ3n) is 21.4. The third kappa shape index (κ3) is 48.0. The summed E-state index contributed by atoms with van der Waals surface area (Å²) in [6.45, 7) is 16.6. The number of hydrogen-bond donors (Lipinski definition) is 31. The van der Waals surface area contributed by atoms with Crippen LogP contribution in [0.2, 0.25) is 0 Å². The monoisotopic (exact) mass is 2050 g/mol. The number of carbonyl (C=O) groups excluding carboxylic acids is 20. The number of carboxylic acid groups (broad SMARTS) is 5. The lowest BCUT2D eigenvalue weighted by atomic mass is 9.96. The highest BCUT2D eigenvalue weighted by molar-refractivity contribution is 7.80. The first-order chi connectivity index (χ1) is 66.6. The van der Waals surface area contributed by atoms with Gasteiger partial charge in [-0.1, -0.05) is 106 Å². The zero-order chi connectivity index (χ0) is 109. The Balaban J connectivity index is 3.52. The number of primary amides is 1. The number of aliphatic hydroxyl groups excluding tert-OH is 4. The van der Waals surface area contributed by atoms with Gasteiger partial charge in [0.15, 0.2) is 0 Å². The van der Waals surface area contributed by atoms with Crippen molar-refractivity contribution >= 4 is 161 Å². The Morgan fingerprint density at radius 3 is 1.06 bits per heavy atom. The van der Waals surface area contributed by atoms with Crippen molar-refractivity contribution in [3.05, 3.63) is 35.9 Å². The zero-order valence-corrected chi connectivity index (χ0v) is 82.6. The Morgan fingerprint density at radius 2 is 0.636 bits per heavy atom. The van der Waals surface area contributed by atoms with E-state index < -0.39 is 376 Å². The highest BCUT2D eigenvalue weighted by atomic mass is 32.1. The minimum absolute atomic E-state index is 0.0591. The second-order valence-corrected chi connectivity index (χ2v) is 35.8. The first-order valence-electron chi connectivity index (χ1n) is 45.7. The summed E-state index contributed by atoms with van der Waals surface area (Å²) in [5.74, 6) is -34.5. The molecule has 143 heavy (non-hydrogen) atoms. The fourth-order valence-corrected chi connectivity index (χ4v) is 13.5. The van der Waals surface area contributed by atoms with Crippen molar-refractivity contribution in [2.75, 3.05) is 32.0 Å². The van der Waals surface area contributed by atoms with Crippen LogP contribution in [0.3, 0.4) is 0 Å². The SMILES string of the molecule is CC[C@H](C)[C@H](NC(=O)[C@H](Cc1ccccc1)NC(=O)[C@@H](NC(=O)[C@H](CC(=O)O)NC(=O)[C@H](CCC(=O)O)NC(=O)[C@@H](NC(=O)[C@H](CCC(=O)O)NC(=O)CNC(=O)[C@@H](N)CO)[C@@H](C)O)[C@@H](C)O)C(=O)N[C@@H](C)C(=O)N[C@@H](CC(=O)O)C(=O)N[C@@H](CC(C)C)C(=O)N[C@H](C(=O)N[C@H](C(=O)NCC(=O)N[C@@H](CC(C)C)C(=O)N[C@@H](CS)C(=O)N[C@H](C(=O)NCC(=O)N[C@@H](CCC(N)=O)C(=O)O)[C@@H](C)O)C(C)C)C(C)C. The van der Waals surface area contributed by atoms with E-state index in [9.17, 15) is 161 Å². The normalized spacial score (nSPS) is 15.6. The number of hydrogen-bond acceptors (Lipinski definition) is 31. The average Bonchev–Trinajstić information content (AvgIpc) is 0.846. The van der Waals surface area contributed by atoms with Crippen LogP contribution in [0.25, 0.3) is 0 Å². The molecule has 20 amide bonds. The van der Waals surface area contributed by atoms with Gasteiger partial charge in [-0.2, -0.15) is 12.6 Å². The van der Waals surface area contributed by atoms with Crippen LogP contribution in [0.15, 0.2) is 30.3 Å². The molecule has 0 saturated carbocycles. The van der Waals surface area contributed by atoms with Crippen molar-refractivity contribution in [2.24, 2.45) is 41.1 Å². The summed E-state index contributed by atoms with van der Waals surface area (Å²) < 4.78 is 0.